The maximum atomic E-state index is 14.0. The first-order chi connectivity index (χ1) is 19.4. The molecule has 0 aliphatic rings. The highest BCUT2D eigenvalue weighted by Crippen LogP contribution is 2.22. The number of fused-ring (bicyclic) bond motifs is 1. The Morgan fingerprint density at radius 1 is 0.780 bits per heavy atom. The standard InChI is InChI=1S/C33H37N3O4S/c1-33(2,3)34-32(38)30(21-25-13-7-5-8-14-25)36(23-26-15-9-6-10-16-26)31(37)24-35(4)41(39,40)29-20-19-27-17-11-12-18-28(27)22-29/h5-20,22,30H,21,23-24H2,1-4H3,(H,34,38). The lowest BCUT2D eigenvalue weighted by molar-refractivity contribution is -0.141. The Morgan fingerprint density at radius 3 is 1.95 bits per heavy atom. The van der Waals surface area contributed by atoms with Crippen LogP contribution >= 0.6 is 0 Å². The lowest BCUT2D eigenvalue weighted by Crippen LogP contribution is -2.56. The molecule has 1 atom stereocenters. The van der Waals surface area contributed by atoms with E-state index < -0.39 is 34.1 Å². The lowest BCUT2D eigenvalue weighted by atomic mass is 10.0. The molecule has 0 bridgehead atoms. The molecule has 0 saturated carbocycles. The fourth-order valence-electron chi connectivity index (χ4n) is 4.66. The quantitative estimate of drug-likeness (QED) is 0.290. The van der Waals surface area contributed by atoms with Crippen molar-refractivity contribution in [3.63, 3.8) is 0 Å². The molecule has 4 aromatic rings. The summed E-state index contributed by atoms with van der Waals surface area (Å²) in [4.78, 5) is 29.3. The Bertz CT molecular complexity index is 1600. The summed E-state index contributed by atoms with van der Waals surface area (Å²) in [5, 5.41) is 4.74. The summed E-state index contributed by atoms with van der Waals surface area (Å²) in [6.45, 7) is 5.39. The molecule has 8 heteroatoms. The number of amides is 2. The minimum absolute atomic E-state index is 0.104. The smallest absolute Gasteiger partial charge is 0.243 e. The van der Waals surface area contributed by atoms with Crippen LogP contribution in [0.2, 0.25) is 0 Å². The van der Waals surface area contributed by atoms with E-state index in [1.54, 1.807) is 18.2 Å². The Labute approximate surface area is 242 Å². The SMILES string of the molecule is CN(CC(=O)N(Cc1ccccc1)C(Cc1ccccc1)C(=O)NC(C)(C)C)S(=O)(=O)c1ccc2ccccc2c1. The van der Waals surface area contributed by atoms with E-state index in [2.05, 4.69) is 5.32 Å². The van der Waals surface area contributed by atoms with Gasteiger partial charge >= 0.3 is 0 Å². The van der Waals surface area contributed by atoms with E-state index in [0.29, 0.717) is 0 Å². The average Bonchev–Trinajstić information content (AvgIpc) is 2.94. The van der Waals surface area contributed by atoms with E-state index in [1.165, 1.54) is 11.9 Å². The van der Waals surface area contributed by atoms with Crippen molar-refractivity contribution in [2.24, 2.45) is 0 Å². The highest BCUT2D eigenvalue weighted by atomic mass is 32.2. The fraction of sp³-hybridized carbons (Fsp3) is 0.273. The van der Waals surface area contributed by atoms with Crippen LogP contribution < -0.4 is 5.32 Å². The summed E-state index contributed by atoms with van der Waals surface area (Å²) < 4.78 is 28.2. The van der Waals surface area contributed by atoms with Gasteiger partial charge in [-0.15, -0.1) is 0 Å². The van der Waals surface area contributed by atoms with Crippen molar-refractivity contribution in [2.75, 3.05) is 13.6 Å². The first-order valence-corrected chi connectivity index (χ1v) is 15.0. The van der Waals surface area contributed by atoms with Crippen LogP contribution in [0.3, 0.4) is 0 Å². The largest absolute Gasteiger partial charge is 0.350 e. The van der Waals surface area contributed by atoms with E-state index in [9.17, 15) is 18.0 Å². The van der Waals surface area contributed by atoms with E-state index >= 15 is 0 Å². The van der Waals surface area contributed by atoms with Crippen LogP contribution in [-0.4, -0.2) is 54.6 Å². The van der Waals surface area contributed by atoms with Crippen LogP contribution in [0.1, 0.15) is 31.9 Å². The molecule has 1 unspecified atom stereocenters. The molecular formula is C33H37N3O4S. The van der Waals surface area contributed by atoms with Gasteiger partial charge in [-0.1, -0.05) is 91.0 Å². The summed E-state index contributed by atoms with van der Waals surface area (Å²) in [7, 11) is -2.59. The number of carbonyl (C=O) groups is 2. The van der Waals surface area contributed by atoms with Crippen molar-refractivity contribution in [2.45, 2.75) is 50.2 Å². The number of hydrogen-bond donors (Lipinski definition) is 1. The molecule has 2 amide bonds. The maximum absolute atomic E-state index is 14.0. The van der Waals surface area contributed by atoms with E-state index in [1.807, 2.05) is 106 Å². The Hall–Kier alpha value is -4.01. The molecule has 1 N–H and O–H groups in total. The third-order valence-electron chi connectivity index (χ3n) is 6.75. The first-order valence-electron chi connectivity index (χ1n) is 13.6. The summed E-state index contributed by atoms with van der Waals surface area (Å²) in [6, 6.07) is 30.5. The van der Waals surface area contributed by atoms with Gasteiger partial charge in [0.1, 0.15) is 6.04 Å². The predicted molar refractivity (Wildman–Crippen MR) is 163 cm³/mol. The van der Waals surface area contributed by atoms with E-state index in [-0.39, 0.29) is 23.8 Å². The van der Waals surface area contributed by atoms with Crippen LogP contribution in [-0.2, 0) is 32.6 Å². The second-order valence-electron chi connectivity index (χ2n) is 11.2. The molecule has 0 radical (unpaired) electrons. The monoisotopic (exact) mass is 571 g/mol. The summed E-state index contributed by atoms with van der Waals surface area (Å²) in [5.41, 5.74) is 1.20. The molecule has 214 valence electrons. The number of rotatable bonds is 10. The third kappa shape index (κ3) is 7.80. The Morgan fingerprint density at radius 2 is 1.34 bits per heavy atom. The minimum Gasteiger partial charge on any atom is -0.350 e. The molecule has 7 nitrogen and oxygen atoms in total. The van der Waals surface area contributed by atoms with Crippen molar-refractivity contribution in [1.82, 2.24) is 14.5 Å². The second kappa shape index (κ2) is 12.7. The summed E-state index contributed by atoms with van der Waals surface area (Å²) >= 11 is 0. The summed E-state index contributed by atoms with van der Waals surface area (Å²) in [6.07, 6.45) is 0.280. The van der Waals surface area contributed by atoms with Crippen LogP contribution in [0, 0.1) is 0 Å². The van der Waals surface area contributed by atoms with Crippen LogP contribution in [0.4, 0.5) is 0 Å². The second-order valence-corrected chi connectivity index (χ2v) is 13.3. The van der Waals surface area contributed by atoms with Gasteiger partial charge in [-0.25, -0.2) is 8.42 Å². The predicted octanol–water partition coefficient (Wildman–Crippen LogP) is 5.02. The van der Waals surface area contributed by atoms with Crippen molar-refractivity contribution >= 4 is 32.6 Å². The molecule has 0 fully saturated rings. The van der Waals surface area contributed by atoms with Crippen LogP contribution in [0.25, 0.3) is 10.8 Å². The van der Waals surface area contributed by atoms with Gasteiger partial charge in [-0.3, -0.25) is 9.59 Å². The normalized spacial score (nSPS) is 12.7. The molecule has 0 aliphatic carbocycles. The molecule has 41 heavy (non-hydrogen) atoms. The molecule has 0 saturated heterocycles. The van der Waals surface area contributed by atoms with Gasteiger partial charge in [0.05, 0.1) is 11.4 Å². The topological polar surface area (TPSA) is 86.8 Å². The number of sulfonamides is 1. The molecule has 4 aromatic carbocycles. The molecular weight excluding hydrogens is 534 g/mol. The van der Waals surface area contributed by atoms with Crippen LogP contribution in [0.15, 0.2) is 108 Å². The third-order valence-corrected chi connectivity index (χ3v) is 8.55. The zero-order valence-electron chi connectivity index (χ0n) is 23.9. The molecule has 0 heterocycles. The number of likely N-dealkylation sites (N-methyl/N-ethyl adjacent to an activating group) is 1. The fourth-order valence-corrected chi connectivity index (χ4v) is 5.82. The van der Waals surface area contributed by atoms with Gasteiger partial charge in [-0.05, 0) is 54.8 Å². The summed E-state index contributed by atoms with van der Waals surface area (Å²) in [5.74, 6) is -0.767. The van der Waals surface area contributed by atoms with E-state index in [0.717, 1.165) is 26.2 Å². The molecule has 0 aliphatic heterocycles. The highest BCUT2D eigenvalue weighted by molar-refractivity contribution is 7.89. The number of hydrogen-bond acceptors (Lipinski definition) is 4. The van der Waals surface area contributed by atoms with Crippen molar-refractivity contribution in [1.29, 1.82) is 0 Å². The van der Waals surface area contributed by atoms with Crippen molar-refractivity contribution < 1.29 is 18.0 Å². The maximum Gasteiger partial charge on any atom is 0.243 e. The van der Waals surface area contributed by atoms with Gasteiger partial charge in [0.15, 0.2) is 0 Å². The zero-order valence-corrected chi connectivity index (χ0v) is 24.8. The minimum atomic E-state index is -3.98. The average molecular weight is 572 g/mol. The molecule has 4 rings (SSSR count). The number of nitrogens with one attached hydrogen (secondary N) is 1. The van der Waals surface area contributed by atoms with Gasteiger partial charge in [0.2, 0.25) is 21.8 Å². The molecule has 0 spiro atoms. The Kier molecular flexibility index (Phi) is 9.25. The number of nitrogens with zero attached hydrogens (tertiary/aromatic N) is 2. The van der Waals surface area contributed by atoms with E-state index in [4.69, 9.17) is 0 Å². The highest BCUT2D eigenvalue weighted by Gasteiger charge is 2.34. The number of benzene rings is 4. The Balaban J connectivity index is 1.67. The first kappa shape index (κ1) is 30.0. The molecule has 0 aromatic heterocycles. The number of carbonyl (C=O) groups excluding carboxylic acids is 2. The van der Waals surface area contributed by atoms with Gasteiger partial charge in [0.25, 0.3) is 0 Å². The lowest BCUT2D eigenvalue weighted by Gasteiger charge is -2.34. The van der Waals surface area contributed by atoms with Gasteiger partial charge in [0, 0.05) is 25.6 Å². The zero-order chi connectivity index (χ0) is 29.6. The van der Waals surface area contributed by atoms with Gasteiger partial charge < -0.3 is 10.2 Å². The van der Waals surface area contributed by atoms with Gasteiger partial charge in [-0.2, -0.15) is 4.31 Å². The van der Waals surface area contributed by atoms with Crippen molar-refractivity contribution in [3.05, 3.63) is 114 Å². The van der Waals surface area contributed by atoms with Crippen molar-refractivity contribution in [3.8, 4) is 0 Å². The van der Waals surface area contributed by atoms with Crippen LogP contribution in [0.5, 0.6) is 0 Å².